The maximum Gasteiger partial charge on any atom is 0.471 e. The Morgan fingerprint density at radius 2 is 1.59 bits per heavy atom. The van der Waals surface area contributed by atoms with E-state index in [0.717, 1.165) is 37.7 Å². The van der Waals surface area contributed by atoms with Crippen LogP contribution in [0.25, 0.3) is 0 Å². The van der Waals surface area contributed by atoms with E-state index < -0.39 is 30.5 Å². The second-order valence-corrected chi connectivity index (χ2v) is 11.5. The Balaban J connectivity index is 1.95. The topological polar surface area (TPSA) is 76.2 Å². The molecule has 2 aromatic carbocycles. The Labute approximate surface area is 260 Å². The van der Waals surface area contributed by atoms with Gasteiger partial charge >= 0.3 is 18.1 Å². The van der Waals surface area contributed by atoms with Crippen LogP contribution >= 0.6 is 9.24 Å². The molecule has 44 heavy (non-hydrogen) atoms. The van der Waals surface area contributed by atoms with Gasteiger partial charge in [0.05, 0.1) is 19.8 Å². The smallest absolute Gasteiger partial charge is 0.471 e. The second-order valence-electron chi connectivity index (χ2n) is 11.1. The third kappa shape index (κ3) is 10.2. The average molecular weight is 637 g/mol. The van der Waals surface area contributed by atoms with Crippen molar-refractivity contribution in [3.63, 3.8) is 0 Å². The van der Waals surface area contributed by atoms with Gasteiger partial charge in [-0.1, -0.05) is 70.2 Å². The second kappa shape index (κ2) is 17.4. The minimum absolute atomic E-state index is 0.0450. The molecule has 1 aliphatic rings. The number of halogens is 3. The number of benzene rings is 2. The molecule has 0 radical (unpaired) electrons. The molecule has 0 spiro atoms. The monoisotopic (exact) mass is 636 g/mol. The van der Waals surface area contributed by atoms with Gasteiger partial charge in [-0.25, -0.2) is 4.79 Å². The van der Waals surface area contributed by atoms with Gasteiger partial charge in [-0.3, -0.25) is 9.59 Å². The zero-order valence-electron chi connectivity index (χ0n) is 25.7. The lowest BCUT2D eigenvalue weighted by molar-refractivity contribution is -0.184. The highest BCUT2D eigenvalue weighted by atomic mass is 31.0. The SMILES string of the molecule is CCCCOC(=O)c1ccc(N(Cc2ccc(C3CCCCC3)cc2)C(=O)CN(CP)C(=O)C(F)(F)F)cc1OCCCC. The predicted octanol–water partition coefficient (Wildman–Crippen LogP) is 7.63. The number of hydrogen-bond donors (Lipinski definition) is 0. The van der Waals surface area contributed by atoms with Gasteiger partial charge in [0.25, 0.3) is 0 Å². The summed E-state index contributed by atoms with van der Waals surface area (Å²) < 4.78 is 51.1. The van der Waals surface area contributed by atoms with Crippen LogP contribution < -0.4 is 9.64 Å². The highest BCUT2D eigenvalue weighted by Crippen LogP contribution is 2.33. The lowest BCUT2D eigenvalue weighted by Gasteiger charge is -2.28. The number of unbranched alkanes of at least 4 members (excludes halogenated alkanes) is 2. The Hall–Kier alpha value is -3.13. The summed E-state index contributed by atoms with van der Waals surface area (Å²) >= 11 is 0. The molecule has 1 atom stereocenters. The molecule has 0 bridgehead atoms. The number of nitrogens with zero attached hydrogens (tertiary/aromatic N) is 2. The van der Waals surface area contributed by atoms with Crippen molar-refractivity contribution in [2.45, 2.75) is 90.3 Å². The number of carbonyl (C=O) groups is 3. The first-order valence-corrected chi connectivity index (χ1v) is 16.3. The van der Waals surface area contributed by atoms with Crippen LogP contribution in [0.5, 0.6) is 5.75 Å². The highest BCUT2D eigenvalue weighted by molar-refractivity contribution is 7.16. The van der Waals surface area contributed by atoms with E-state index in [4.69, 9.17) is 9.47 Å². The summed E-state index contributed by atoms with van der Waals surface area (Å²) in [5.41, 5.74) is 2.53. The van der Waals surface area contributed by atoms with E-state index in [1.807, 2.05) is 38.1 Å². The van der Waals surface area contributed by atoms with Crippen molar-refractivity contribution in [2.75, 3.05) is 30.9 Å². The summed E-state index contributed by atoms with van der Waals surface area (Å²) in [6.45, 7) is 3.83. The van der Waals surface area contributed by atoms with E-state index in [9.17, 15) is 27.6 Å². The quantitative estimate of drug-likeness (QED) is 0.114. The molecule has 1 saturated carbocycles. The summed E-state index contributed by atoms with van der Waals surface area (Å²) in [5, 5.41) is 0. The lowest BCUT2D eigenvalue weighted by atomic mass is 9.84. The number of anilines is 1. The maximum absolute atomic E-state index is 13.7. The molecule has 2 aromatic rings. The predicted molar refractivity (Wildman–Crippen MR) is 168 cm³/mol. The fraction of sp³-hybridized carbons (Fsp3) is 0.545. The lowest BCUT2D eigenvalue weighted by Crippen LogP contribution is -2.46. The fourth-order valence-corrected chi connectivity index (χ4v) is 5.46. The average Bonchev–Trinajstić information content (AvgIpc) is 3.02. The molecule has 0 saturated heterocycles. The van der Waals surface area contributed by atoms with Crippen LogP contribution in [0, 0.1) is 0 Å². The summed E-state index contributed by atoms with van der Waals surface area (Å²) in [6.07, 6.45) is 3.57. The molecule has 3 rings (SSSR count). The highest BCUT2D eigenvalue weighted by Gasteiger charge is 2.43. The van der Waals surface area contributed by atoms with Crippen molar-refractivity contribution < 1.29 is 37.0 Å². The van der Waals surface area contributed by atoms with Crippen LogP contribution in [0.1, 0.15) is 99.0 Å². The Morgan fingerprint density at radius 3 is 2.20 bits per heavy atom. The van der Waals surface area contributed by atoms with Crippen LogP contribution in [0.15, 0.2) is 42.5 Å². The molecule has 0 aromatic heterocycles. The number of esters is 1. The van der Waals surface area contributed by atoms with Gasteiger partial charge in [0.1, 0.15) is 17.9 Å². The molecule has 0 N–H and O–H groups in total. The van der Waals surface area contributed by atoms with Gasteiger partial charge in [-0.2, -0.15) is 13.2 Å². The molecule has 1 unspecified atom stereocenters. The van der Waals surface area contributed by atoms with Crippen molar-refractivity contribution in [1.82, 2.24) is 4.90 Å². The number of rotatable bonds is 15. The van der Waals surface area contributed by atoms with Gasteiger partial charge in [0.15, 0.2) is 0 Å². The number of hydrogen-bond acceptors (Lipinski definition) is 5. The molecule has 242 valence electrons. The van der Waals surface area contributed by atoms with E-state index in [1.54, 1.807) is 6.07 Å². The van der Waals surface area contributed by atoms with Crippen LogP contribution in [-0.4, -0.2) is 54.9 Å². The number of amides is 2. The van der Waals surface area contributed by atoms with Gasteiger partial charge < -0.3 is 19.3 Å². The van der Waals surface area contributed by atoms with E-state index in [1.165, 1.54) is 41.9 Å². The minimum atomic E-state index is -5.11. The number of carbonyl (C=O) groups excluding carboxylic acids is 3. The summed E-state index contributed by atoms with van der Waals surface area (Å²) in [5.74, 6) is -2.65. The third-order valence-corrected chi connectivity index (χ3v) is 8.20. The van der Waals surface area contributed by atoms with E-state index in [-0.39, 0.29) is 30.8 Å². The summed E-state index contributed by atoms with van der Waals surface area (Å²) in [6, 6.07) is 12.5. The molecule has 7 nitrogen and oxygen atoms in total. The van der Waals surface area contributed by atoms with Crippen molar-refractivity contribution >= 4 is 32.7 Å². The Kier molecular flexibility index (Phi) is 14.0. The van der Waals surface area contributed by atoms with E-state index in [0.29, 0.717) is 29.5 Å². The van der Waals surface area contributed by atoms with Crippen LogP contribution in [-0.2, 0) is 20.9 Å². The van der Waals surface area contributed by atoms with Crippen molar-refractivity contribution in [1.29, 1.82) is 0 Å². The molecular formula is C33H44F3N2O5P. The Morgan fingerprint density at radius 1 is 0.932 bits per heavy atom. The zero-order valence-corrected chi connectivity index (χ0v) is 26.8. The van der Waals surface area contributed by atoms with Crippen LogP contribution in [0.2, 0.25) is 0 Å². The number of ether oxygens (including phenoxy) is 2. The normalized spacial score (nSPS) is 13.8. The minimum Gasteiger partial charge on any atom is -0.493 e. The largest absolute Gasteiger partial charge is 0.493 e. The molecule has 0 heterocycles. The van der Waals surface area contributed by atoms with Gasteiger partial charge in [-0.05, 0) is 54.9 Å². The summed E-state index contributed by atoms with van der Waals surface area (Å²) in [4.78, 5) is 40.3. The van der Waals surface area contributed by atoms with E-state index >= 15 is 0 Å². The van der Waals surface area contributed by atoms with Crippen molar-refractivity contribution in [3.8, 4) is 5.75 Å². The standard InChI is InChI=1S/C33H44F3N2O5P/c1-3-5-18-42-29-20-27(16-17-28(29)31(40)43-19-6-4-2)38(30(39)22-37(23-44)32(41)33(34,35)36)21-24-12-14-26(15-13-24)25-10-8-7-9-11-25/h12-17,20,25H,3-11,18-19,21-23,44H2,1-2H3. The maximum atomic E-state index is 13.7. The summed E-state index contributed by atoms with van der Waals surface area (Å²) in [7, 11) is 2.07. The van der Waals surface area contributed by atoms with Crippen molar-refractivity contribution in [2.24, 2.45) is 0 Å². The van der Waals surface area contributed by atoms with E-state index in [2.05, 4.69) is 9.24 Å². The molecular weight excluding hydrogens is 592 g/mol. The molecule has 0 aliphatic heterocycles. The first-order chi connectivity index (χ1) is 21.1. The van der Waals surface area contributed by atoms with Gasteiger partial charge in [-0.15, -0.1) is 9.24 Å². The third-order valence-electron chi connectivity index (χ3n) is 7.76. The number of alkyl halides is 3. The van der Waals surface area contributed by atoms with Crippen LogP contribution in [0.3, 0.4) is 0 Å². The first-order valence-electron chi connectivity index (χ1n) is 15.5. The van der Waals surface area contributed by atoms with Crippen molar-refractivity contribution in [3.05, 3.63) is 59.2 Å². The molecule has 1 aliphatic carbocycles. The fourth-order valence-electron chi connectivity index (χ4n) is 5.16. The van der Waals surface area contributed by atoms with Gasteiger partial charge in [0.2, 0.25) is 5.91 Å². The molecule has 1 fully saturated rings. The first kappa shape index (κ1) is 35.4. The molecule has 2 amide bonds. The molecule has 11 heteroatoms. The van der Waals surface area contributed by atoms with Crippen LogP contribution in [0.4, 0.5) is 18.9 Å². The zero-order chi connectivity index (χ0) is 32.1. The Bertz CT molecular complexity index is 1230. The van der Waals surface area contributed by atoms with Gasteiger partial charge in [0, 0.05) is 18.0 Å².